The van der Waals surface area contributed by atoms with E-state index < -0.39 is 5.97 Å². The number of carboxylic acid groups (broad SMARTS) is 1. The van der Waals surface area contributed by atoms with Crippen LogP contribution in [0.5, 0.6) is 11.5 Å². The van der Waals surface area contributed by atoms with E-state index >= 15 is 0 Å². The molecule has 1 aromatic rings. The van der Waals surface area contributed by atoms with Gasteiger partial charge in [0, 0.05) is 18.7 Å². The molecule has 0 aromatic heterocycles. The van der Waals surface area contributed by atoms with Crippen LogP contribution in [0.1, 0.15) is 43.5 Å². The second-order valence-electron chi connectivity index (χ2n) is 6.46. The molecule has 24 heavy (non-hydrogen) atoms. The second kappa shape index (κ2) is 8.04. The summed E-state index contributed by atoms with van der Waals surface area (Å²) in [5, 5.41) is 9.03. The summed E-state index contributed by atoms with van der Waals surface area (Å²) < 4.78 is 11.0. The minimum absolute atomic E-state index is 0.0237. The van der Waals surface area contributed by atoms with Gasteiger partial charge in [0.25, 0.3) is 5.91 Å². The Morgan fingerprint density at radius 2 is 2.12 bits per heavy atom. The maximum absolute atomic E-state index is 12.9. The first-order valence-corrected chi connectivity index (χ1v) is 8.26. The molecule has 1 atom stereocenters. The molecule has 0 saturated carbocycles. The van der Waals surface area contributed by atoms with Crippen molar-refractivity contribution in [2.45, 2.75) is 39.2 Å². The monoisotopic (exact) mass is 335 g/mol. The maximum Gasteiger partial charge on any atom is 0.305 e. The molecule has 0 bridgehead atoms. The molecule has 1 aromatic carbocycles. The molecule has 1 N–H and O–H groups in total. The van der Waals surface area contributed by atoms with Crippen molar-refractivity contribution in [1.29, 1.82) is 0 Å². The molecule has 1 saturated heterocycles. The Hall–Kier alpha value is -2.24. The summed E-state index contributed by atoms with van der Waals surface area (Å²) in [6, 6.07) is 4.86. The summed E-state index contributed by atoms with van der Waals surface area (Å²) in [7, 11) is 1.56. The summed E-state index contributed by atoms with van der Waals surface area (Å²) in [6.45, 7) is 5.13. The van der Waals surface area contributed by atoms with Crippen LogP contribution in [-0.2, 0) is 4.79 Å². The average Bonchev–Trinajstić information content (AvgIpc) is 2.99. The van der Waals surface area contributed by atoms with Crippen molar-refractivity contribution >= 4 is 11.9 Å². The fraction of sp³-hybridized carbons (Fsp3) is 0.556. The van der Waals surface area contributed by atoms with Gasteiger partial charge in [-0.2, -0.15) is 0 Å². The number of rotatable bonds is 7. The zero-order valence-corrected chi connectivity index (χ0v) is 14.4. The normalized spacial score (nSPS) is 17.2. The molecule has 1 fully saturated rings. The smallest absolute Gasteiger partial charge is 0.305 e. The number of nitrogens with zero attached hydrogens (tertiary/aromatic N) is 1. The van der Waals surface area contributed by atoms with E-state index in [1.165, 1.54) is 0 Å². The summed E-state index contributed by atoms with van der Waals surface area (Å²) >= 11 is 0. The predicted molar refractivity (Wildman–Crippen MR) is 89.6 cm³/mol. The van der Waals surface area contributed by atoms with E-state index in [9.17, 15) is 9.59 Å². The molecule has 2 rings (SSSR count). The van der Waals surface area contributed by atoms with Crippen LogP contribution in [-0.4, -0.2) is 48.2 Å². The van der Waals surface area contributed by atoms with E-state index in [2.05, 4.69) is 0 Å². The van der Waals surface area contributed by atoms with E-state index in [4.69, 9.17) is 14.6 Å². The quantitative estimate of drug-likeness (QED) is 0.829. The number of amides is 1. The molecule has 0 radical (unpaired) electrons. The zero-order valence-electron chi connectivity index (χ0n) is 14.4. The van der Waals surface area contributed by atoms with Gasteiger partial charge in [0.05, 0.1) is 25.7 Å². The summed E-state index contributed by atoms with van der Waals surface area (Å²) in [5.41, 5.74) is 0.453. The number of carbonyl (C=O) groups excluding carboxylic acids is 1. The van der Waals surface area contributed by atoms with E-state index in [1.807, 2.05) is 13.8 Å². The van der Waals surface area contributed by atoms with Crippen LogP contribution in [0.15, 0.2) is 18.2 Å². The van der Waals surface area contributed by atoms with Gasteiger partial charge in [0.2, 0.25) is 0 Å². The lowest BCUT2D eigenvalue weighted by molar-refractivity contribution is -0.137. The van der Waals surface area contributed by atoms with Crippen LogP contribution in [0.3, 0.4) is 0 Å². The Balaban J connectivity index is 2.25. The highest BCUT2D eigenvalue weighted by atomic mass is 16.5. The summed E-state index contributed by atoms with van der Waals surface area (Å²) in [5.74, 6) is 0.361. The Bertz CT molecular complexity index is 599. The molecule has 132 valence electrons. The summed E-state index contributed by atoms with van der Waals surface area (Å²) in [6.07, 6.45) is 1.52. The van der Waals surface area contributed by atoms with Gasteiger partial charge in [0.1, 0.15) is 11.5 Å². The van der Waals surface area contributed by atoms with Crippen LogP contribution in [0.2, 0.25) is 0 Å². The lowest BCUT2D eigenvalue weighted by atomic mass is 10.1. The highest BCUT2D eigenvalue weighted by Gasteiger charge is 2.32. The number of carbonyl (C=O) groups is 2. The van der Waals surface area contributed by atoms with E-state index in [1.54, 1.807) is 30.2 Å². The second-order valence-corrected chi connectivity index (χ2v) is 6.46. The van der Waals surface area contributed by atoms with Crippen LogP contribution in [0.4, 0.5) is 0 Å². The molecule has 1 heterocycles. The first kappa shape index (κ1) is 18.1. The molecule has 1 amide bonds. The van der Waals surface area contributed by atoms with Crippen molar-refractivity contribution in [3.8, 4) is 11.5 Å². The molecule has 1 aliphatic rings. The Morgan fingerprint density at radius 3 is 2.75 bits per heavy atom. The number of methoxy groups -OCH3 is 1. The van der Waals surface area contributed by atoms with Gasteiger partial charge in [-0.05, 0) is 30.9 Å². The number of hydrogen-bond donors (Lipinski definition) is 1. The Morgan fingerprint density at radius 1 is 1.38 bits per heavy atom. The third kappa shape index (κ3) is 4.40. The van der Waals surface area contributed by atoms with Crippen molar-refractivity contribution in [2.75, 3.05) is 20.3 Å². The molecule has 1 unspecified atom stereocenters. The predicted octanol–water partition coefficient (Wildman–Crippen LogP) is 2.81. The number of likely N-dealkylation sites (tertiary alicyclic amines) is 1. The van der Waals surface area contributed by atoms with Crippen LogP contribution >= 0.6 is 0 Å². The van der Waals surface area contributed by atoms with Gasteiger partial charge >= 0.3 is 5.97 Å². The molecular formula is C18H25NO5. The molecule has 1 aliphatic heterocycles. The van der Waals surface area contributed by atoms with E-state index in [-0.39, 0.29) is 18.4 Å². The number of carboxylic acids is 1. The molecule has 0 spiro atoms. The fourth-order valence-electron chi connectivity index (χ4n) is 2.85. The van der Waals surface area contributed by atoms with Crippen molar-refractivity contribution in [3.05, 3.63) is 23.8 Å². The number of aliphatic carboxylic acids is 1. The van der Waals surface area contributed by atoms with Crippen molar-refractivity contribution in [1.82, 2.24) is 4.90 Å². The average molecular weight is 335 g/mol. The van der Waals surface area contributed by atoms with Crippen molar-refractivity contribution < 1.29 is 24.2 Å². The van der Waals surface area contributed by atoms with Crippen LogP contribution in [0, 0.1) is 5.92 Å². The van der Waals surface area contributed by atoms with Crippen molar-refractivity contribution in [3.63, 3.8) is 0 Å². The number of benzene rings is 1. The van der Waals surface area contributed by atoms with Crippen LogP contribution < -0.4 is 9.47 Å². The summed E-state index contributed by atoms with van der Waals surface area (Å²) in [4.78, 5) is 25.6. The number of hydrogen-bond acceptors (Lipinski definition) is 4. The molecule has 6 nitrogen and oxygen atoms in total. The first-order valence-electron chi connectivity index (χ1n) is 8.26. The standard InChI is InChI=1S/C18H25NO5/c1-12(2)11-24-16-10-14(23-3)6-7-15(16)18(22)19-8-4-5-13(19)9-17(20)21/h6-7,10,12-13H,4-5,8-9,11H2,1-3H3,(H,20,21). The van der Waals surface area contributed by atoms with Crippen LogP contribution in [0.25, 0.3) is 0 Å². The zero-order chi connectivity index (χ0) is 17.7. The van der Waals surface area contributed by atoms with Gasteiger partial charge in [-0.25, -0.2) is 0 Å². The highest BCUT2D eigenvalue weighted by molar-refractivity contribution is 5.97. The largest absolute Gasteiger partial charge is 0.497 e. The van der Waals surface area contributed by atoms with Gasteiger partial charge in [-0.15, -0.1) is 0 Å². The van der Waals surface area contributed by atoms with E-state index in [0.717, 1.165) is 12.8 Å². The SMILES string of the molecule is COc1ccc(C(=O)N2CCCC2CC(=O)O)c(OCC(C)C)c1. The molecular weight excluding hydrogens is 310 g/mol. The van der Waals surface area contributed by atoms with Gasteiger partial charge < -0.3 is 19.5 Å². The van der Waals surface area contributed by atoms with Gasteiger partial charge in [-0.3, -0.25) is 9.59 Å². The molecule has 6 heteroatoms. The fourth-order valence-corrected chi connectivity index (χ4v) is 2.85. The third-order valence-corrected chi connectivity index (χ3v) is 4.04. The highest BCUT2D eigenvalue weighted by Crippen LogP contribution is 2.30. The Labute approximate surface area is 142 Å². The first-order chi connectivity index (χ1) is 11.4. The lowest BCUT2D eigenvalue weighted by Crippen LogP contribution is -2.37. The minimum Gasteiger partial charge on any atom is -0.497 e. The van der Waals surface area contributed by atoms with E-state index in [0.29, 0.717) is 36.1 Å². The van der Waals surface area contributed by atoms with Gasteiger partial charge in [-0.1, -0.05) is 13.8 Å². The minimum atomic E-state index is -0.884. The van der Waals surface area contributed by atoms with Gasteiger partial charge in [0.15, 0.2) is 0 Å². The lowest BCUT2D eigenvalue weighted by Gasteiger charge is -2.25. The number of ether oxygens (including phenoxy) is 2. The van der Waals surface area contributed by atoms with Crippen molar-refractivity contribution in [2.24, 2.45) is 5.92 Å². The molecule has 0 aliphatic carbocycles. The Kier molecular flexibility index (Phi) is 6.06. The third-order valence-electron chi connectivity index (χ3n) is 4.04. The topological polar surface area (TPSA) is 76.1 Å². The maximum atomic E-state index is 12.9.